The normalized spacial score (nSPS) is 16.8. The Morgan fingerprint density at radius 1 is 1.03 bits per heavy atom. The van der Waals surface area contributed by atoms with Crippen molar-refractivity contribution in [2.75, 3.05) is 25.1 Å². The molecule has 1 aliphatic rings. The fourth-order valence-electron chi connectivity index (χ4n) is 4.60. The maximum absolute atomic E-state index is 13.5. The average molecular weight is 567 g/mol. The van der Waals surface area contributed by atoms with Crippen LogP contribution < -0.4 is 9.64 Å². The monoisotopic (exact) mass is 566 g/mol. The van der Waals surface area contributed by atoms with E-state index in [-0.39, 0.29) is 23.7 Å². The van der Waals surface area contributed by atoms with Crippen molar-refractivity contribution in [3.8, 4) is 5.75 Å². The van der Waals surface area contributed by atoms with Crippen molar-refractivity contribution < 1.29 is 23.8 Å². The molecule has 37 heavy (non-hydrogen) atoms. The number of halogens is 2. The van der Waals surface area contributed by atoms with Crippen LogP contribution in [0.3, 0.4) is 0 Å². The highest BCUT2D eigenvalue weighted by molar-refractivity contribution is 9.10. The lowest BCUT2D eigenvalue weighted by atomic mass is 9.95. The Morgan fingerprint density at radius 2 is 1.68 bits per heavy atom. The lowest BCUT2D eigenvalue weighted by molar-refractivity contribution is -0.140. The number of likely N-dealkylation sites (tertiary alicyclic amines) is 1. The van der Waals surface area contributed by atoms with E-state index in [0.29, 0.717) is 26.9 Å². The topological polar surface area (TPSA) is 70.1 Å². The zero-order valence-electron chi connectivity index (χ0n) is 20.9. The van der Waals surface area contributed by atoms with Gasteiger partial charge in [-0.3, -0.25) is 9.59 Å². The zero-order valence-corrected chi connectivity index (χ0v) is 22.5. The molecule has 1 amide bonds. The smallest absolute Gasteiger partial charge is 0.295 e. The molecule has 0 spiro atoms. The Bertz CT molecular complexity index is 1340. The molecule has 0 bridgehead atoms. The number of benzene rings is 3. The number of hydrogen-bond donors (Lipinski definition) is 1. The molecule has 192 valence electrons. The van der Waals surface area contributed by atoms with E-state index < -0.39 is 17.7 Å². The molecule has 1 aliphatic heterocycles. The third-order valence-corrected chi connectivity index (χ3v) is 7.19. The lowest BCUT2D eigenvalue weighted by Crippen LogP contribution is -2.29. The molecule has 4 rings (SSSR count). The Kier molecular flexibility index (Phi) is 7.97. The second-order valence-corrected chi connectivity index (χ2v) is 9.52. The van der Waals surface area contributed by atoms with Crippen LogP contribution in [0.15, 0.2) is 76.8 Å². The van der Waals surface area contributed by atoms with E-state index in [1.165, 1.54) is 24.1 Å². The summed E-state index contributed by atoms with van der Waals surface area (Å²) in [5.74, 6) is -1.60. The van der Waals surface area contributed by atoms with Crippen LogP contribution in [-0.2, 0) is 16.1 Å². The van der Waals surface area contributed by atoms with Crippen LogP contribution in [-0.4, -0.2) is 41.9 Å². The highest BCUT2D eigenvalue weighted by Crippen LogP contribution is 2.41. The van der Waals surface area contributed by atoms with Crippen molar-refractivity contribution in [1.82, 2.24) is 4.90 Å². The molecule has 0 saturated carbocycles. The van der Waals surface area contributed by atoms with Gasteiger partial charge in [0, 0.05) is 30.9 Å². The minimum Gasteiger partial charge on any atom is -0.507 e. The minimum absolute atomic E-state index is 0.000215. The highest BCUT2D eigenvalue weighted by atomic mass is 79.9. The number of ether oxygens (including phenoxy) is 1. The molecule has 1 saturated heterocycles. The fourth-order valence-corrected chi connectivity index (χ4v) is 5.14. The summed E-state index contributed by atoms with van der Waals surface area (Å²) >= 11 is 3.41. The summed E-state index contributed by atoms with van der Waals surface area (Å²) in [6, 6.07) is 17.6. The summed E-state index contributed by atoms with van der Waals surface area (Å²) in [4.78, 5) is 30.2. The summed E-state index contributed by atoms with van der Waals surface area (Å²) in [7, 11) is 1.53. The van der Waals surface area contributed by atoms with Crippen molar-refractivity contribution in [2.24, 2.45) is 0 Å². The Morgan fingerprint density at radius 3 is 2.24 bits per heavy atom. The molecule has 0 aromatic heterocycles. The second-order valence-electron chi connectivity index (χ2n) is 8.67. The third-order valence-electron chi connectivity index (χ3n) is 6.57. The van der Waals surface area contributed by atoms with Gasteiger partial charge in [-0.25, -0.2) is 4.39 Å². The number of anilines is 1. The van der Waals surface area contributed by atoms with E-state index in [1.807, 2.05) is 24.3 Å². The average Bonchev–Trinajstić information content (AvgIpc) is 3.15. The van der Waals surface area contributed by atoms with E-state index in [0.717, 1.165) is 18.8 Å². The van der Waals surface area contributed by atoms with Gasteiger partial charge in [-0.2, -0.15) is 0 Å². The first-order valence-electron chi connectivity index (χ1n) is 12.0. The van der Waals surface area contributed by atoms with Gasteiger partial charge in [0.15, 0.2) is 0 Å². The third kappa shape index (κ3) is 5.25. The number of rotatable bonds is 8. The molecule has 0 radical (unpaired) electrons. The second kappa shape index (κ2) is 11.2. The molecule has 3 aromatic carbocycles. The Balaban J connectivity index is 1.84. The minimum atomic E-state index is -0.823. The Labute approximate surface area is 224 Å². The van der Waals surface area contributed by atoms with Gasteiger partial charge in [0.1, 0.15) is 17.3 Å². The van der Waals surface area contributed by atoms with Gasteiger partial charge >= 0.3 is 0 Å². The van der Waals surface area contributed by atoms with Gasteiger partial charge in [-0.05, 0) is 83.4 Å². The largest absolute Gasteiger partial charge is 0.507 e. The molecule has 3 aromatic rings. The van der Waals surface area contributed by atoms with Gasteiger partial charge in [-0.1, -0.05) is 24.3 Å². The van der Waals surface area contributed by atoms with Crippen molar-refractivity contribution in [2.45, 2.75) is 26.4 Å². The SMILES string of the molecule is CCN(CC)c1ccc(C2/C(=C(/O)c3ccc(OC)c(Br)c3)C(=O)C(=O)N2Cc2ccc(F)cc2)cc1. The van der Waals surface area contributed by atoms with Crippen LogP contribution in [0.25, 0.3) is 5.76 Å². The molecule has 1 unspecified atom stereocenters. The number of Topliss-reactive ketones (excluding diaryl/α,β-unsaturated/α-hetero) is 1. The van der Waals surface area contributed by atoms with Gasteiger partial charge in [0.05, 0.1) is 23.2 Å². The van der Waals surface area contributed by atoms with Gasteiger partial charge in [-0.15, -0.1) is 0 Å². The van der Waals surface area contributed by atoms with Crippen LogP contribution in [0.1, 0.15) is 36.6 Å². The van der Waals surface area contributed by atoms with Crippen LogP contribution in [0.2, 0.25) is 0 Å². The molecule has 8 heteroatoms. The number of aliphatic hydroxyl groups excluding tert-OH is 1. The van der Waals surface area contributed by atoms with Crippen molar-refractivity contribution in [3.63, 3.8) is 0 Å². The van der Waals surface area contributed by atoms with Gasteiger partial charge in [0.2, 0.25) is 0 Å². The number of carbonyl (C=O) groups is 2. The van der Waals surface area contributed by atoms with Crippen molar-refractivity contribution in [1.29, 1.82) is 0 Å². The number of amides is 1. The summed E-state index contributed by atoms with van der Waals surface area (Å²) < 4.78 is 19.4. The maximum Gasteiger partial charge on any atom is 0.295 e. The van der Waals surface area contributed by atoms with E-state index in [9.17, 15) is 19.1 Å². The van der Waals surface area contributed by atoms with E-state index in [2.05, 4.69) is 34.7 Å². The van der Waals surface area contributed by atoms with Crippen LogP contribution in [0, 0.1) is 5.82 Å². The van der Waals surface area contributed by atoms with Crippen LogP contribution in [0.4, 0.5) is 10.1 Å². The number of ketones is 1. The summed E-state index contributed by atoms with van der Waals surface area (Å²) in [6.07, 6.45) is 0. The highest BCUT2D eigenvalue weighted by Gasteiger charge is 2.46. The molecular formula is C29H28BrFN2O4. The number of carbonyl (C=O) groups excluding carboxylic acids is 2. The summed E-state index contributed by atoms with van der Waals surface area (Å²) in [5, 5.41) is 11.3. The standard InChI is InChI=1S/C29H28BrFN2O4/c1-4-32(5-2)22-13-8-19(9-14-22)26-25(27(34)20-10-15-24(37-3)23(30)16-20)28(35)29(36)33(26)17-18-6-11-21(31)12-7-18/h6-16,26,34H,4-5,17H2,1-3H3/b27-25-. The molecule has 1 N–H and O–H groups in total. The number of nitrogens with zero attached hydrogens (tertiary/aromatic N) is 2. The fraction of sp³-hybridized carbons (Fsp3) is 0.241. The predicted octanol–water partition coefficient (Wildman–Crippen LogP) is 6.06. The van der Waals surface area contributed by atoms with E-state index in [4.69, 9.17) is 4.74 Å². The molecule has 1 heterocycles. The summed E-state index contributed by atoms with van der Waals surface area (Å²) in [6.45, 7) is 5.90. The van der Waals surface area contributed by atoms with Crippen LogP contribution in [0.5, 0.6) is 5.75 Å². The Hall–Kier alpha value is -3.65. The molecular weight excluding hydrogens is 539 g/mol. The molecule has 1 fully saturated rings. The molecule has 0 aliphatic carbocycles. The molecule has 6 nitrogen and oxygen atoms in total. The van der Waals surface area contributed by atoms with E-state index >= 15 is 0 Å². The van der Waals surface area contributed by atoms with E-state index in [1.54, 1.807) is 30.3 Å². The lowest BCUT2D eigenvalue weighted by Gasteiger charge is -2.27. The van der Waals surface area contributed by atoms with Crippen LogP contribution >= 0.6 is 15.9 Å². The summed E-state index contributed by atoms with van der Waals surface area (Å²) in [5.41, 5.74) is 2.74. The van der Waals surface area contributed by atoms with Crippen molar-refractivity contribution >= 4 is 39.1 Å². The maximum atomic E-state index is 13.5. The molecule has 1 atom stereocenters. The number of methoxy groups -OCH3 is 1. The van der Waals surface area contributed by atoms with Crippen molar-refractivity contribution in [3.05, 3.63) is 99.3 Å². The van der Waals surface area contributed by atoms with Gasteiger partial charge in [0.25, 0.3) is 11.7 Å². The van der Waals surface area contributed by atoms with Gasteiger partial charge < -0.3 is 19.6 Å². The first-order valence-corrected chi connectivity index (χ1v) is 12.8. The zero-order chi connectivity index (χ0) is 26.7. The number of hydrogen-bond acceptors (Lipinski definition) is 5. The quantitative estimate of drug-likeness (QED) is 0.204. The predicted molar refractivity (Wildman–Crippen MR) is 145 cm³/mol. The first kappa shape index (κ1) is 26.4. The number of aliphatic hydroxyl groups is 1. The first-order chi connectivity index (χ1) is 17.8.